The van der Waals surface area contributed by atoms with Crippen LogP contribution in [0.4, 0.5) is 0 Å². The first-order valence-corrected chi connectivity index (χ1v) is 11.8. The van der Waals surface area contributed by atoms with E-state index in [-0.39, 0.29) is 31.1 Å². The Morgan fingerprint density at radius 1 is 0.833 bits per heavy atom. The number of aromatic hydroxyl groups is 1. The highest BCUT2D eigenvalue weighted by Crippen LogP contribution is 2.13. The number of rotatable bonds is 13. The van der Waals surface area contributed by atoms with Crippen LogP contribution in [0, 0.1) is 5.92 Å². The van der Waals surface area contributed by atoms with Gasteiger partial charge in [-0.3, -0.25) is 14.4 Å². The molecule has 4 unspecified atom stereocenters. The minimum atomic E-state index is -1.16. The van der Waals surface area contributed by atoms with Crippen LogP contribution >= 0.6 is 0 Å². The van der Waals surface area contributed by atoms with Gasteiger partial charge in [0.15, 0.2) is 0 Å². The minimum absolute atomic E-state index is 0.0552. The zero-order valence-corrected chi connectivity index (χ0v) is 20.4. The fourth-order valence-electron chi connectivity index (χ4n) is 3.60. The van der Waals surface area contributed by atoms with E-state index in [2.05, 4.69) is 16.0 Å². The van der Waals surface area contributed by atoms with Crippen molar-refractivity contribution in [1.29, 1.82) is 0 Å². The van der Waals surface area contributed by atoms with Crippen LogP contribution < -0.4 is 21.7 Å². The first-order chi connectivity index (χ1) is 17.1. The molecule has 0 aliphatic heterocycles. The molecule has 0 aromatic heterocycles. The lowest BCUT2D eigenvalue weighted by molar-refractivity contribution is -0.143. The maximum atomic E-state index is 13.3. The van der Waals surface area contributed by atoms with Gasteiger partial charge >= 0.3 is 5.97 Å². The molecule has 0 fully saturated rings. The average Bonchev–Trinajstić information content (AvgIpc) is 2.87. The number of nitrogens with two attached hydrogens (primary N) is 1. The molecule has 10 heteroatoms. The standard InChI is InChI=1S/C26H34N4O6/c1-3-16(2)23(26(35)36)30-25(34)21(13-17-7-5-4-6-8-17)29-24(33)20(28-22(32)15-27)14-18-9-11-19(31)12-10-18/h4-12,16,20-21,23,31H,3,13-15,27H2,1-2H3,(H,28,32)(H,29,33)(H,30,34)(H,35,36). The van der Waals surface area contributed by atoms with Gasteiger partial charge in [0.25, 0.3) is 0 Å². The van der Waals surface area contributed by atoms with Crippen LogP contribution in [0.15, 0.2) is 54.6 Å². The quantitative estimate of drug-likeness (QED) is 0.236. The Labute approximate surface area is 210 Å². The number of phenolic OH excluding ortho intramolecular Hbond substituents is 1. The SMILES string of the molecule is CCC(C)C(NC(=O)C(Cc1ccccc1)NC(=O)C(Cc1ccc(O)cc1)NC(=O)CN)C(=O)O. The van der Waals surface area contributed by atoms with Gasteiger partial charge in [0, 0.05) is 12.8 Å². The van der Waals surface area contributed by atoms with Gasteiger partial charge in [-0.25, -0.2) is 4.79 Å². The highest BCUT2D eigenvalue weighted by molar-refractivity contribution is 5.94. The molecule has 36 heavy (non-hydrogen) atoms. The second-order valence-corrected chi connectivity index (χ2v) is 8.66. The Balaban J connectivity index is 2.28. The van der Waals surface area contributed by atoms with E-state index < -0.39 is 41.8 Å². The van der Waals surface area contributed by atoms with Crippen molar-refractivity contribution in [2.75, 3.05) is 6.54 Å². The molecule has 4 atom stereocenters. The summed E-state index contributed by atoms with van der Waals surface area (Å²) in [7, 11) is 0. The number of nitrogens with one attached hydrogen (secondary N) is 3. The lowest BCUT2D eigenvalue weighted by Crippen LogP contribution is -2.58. The number of aliphatic carboxylic acids is 1. The van der Waals surface area contributed by atoms with Crippen molar-refractivity contribution in [1.82, 2.24) is 16.0 Å². The molecular formula is C26H34N4O6. The van der Waals surface area contributed by atoms with Gasteiger partial charge in [0.05, 0.1) is 6.54 Å². The maximum Gasteiger partial charge on any atom is 0.326 e. The van der Waals surface area contributed by atoms with Crippen molar-refractivity contribution in [3.63, 3.8) is 0 Å². The monoisotopic (exact) mass is 498 g/mol. The van der Waals surface area contributed by atoms with Gasteiger partial charge < -0.3 is 31.9 Å². The fraction of sp³-hybridized carbons (Fsp3) is 0.385. The van der Waals surface area contributed by atoms with E-state index in [1.165, 1.54) is 12.1 Å². The number of phenols is 1. The van der Waals surface area contributed by atoms with Crippen molar-refractivity contribution in [2.24, 2.45) is 11.7 Å². The molecule has 10 nitrogen and oxygen atoms in total. The molecular weight excluding hydrogens is 464 g/mol. The third-order valence-electron chi connectivity index (χ3n) is 5.91. The largest absolute Gasteiger partial charge is 0.508 e. The molecule has 0 heterocycles. The van der Waals surface area contributed by atoms with Crippen LogP contribution in [0.25, 0.3) is 0 Å². The number of carboxylic acids is 1. The summed E-state index contributed by atoms with van der Waals surface area (Å²) in [6, 6.07) is 11.9. The molecule has 7 N–H and O–H groups in total. The number of carbonyl (C=O) groups is 4. The Morgan fingerprint density at radius 3 is 1.89 bits per heavy atom. The van der Waals surface area contributed by atoms with Gasteiger partial charge in [-0.05, 0) is 29.2 Å². The normalized spacial score (nSPS) is 14.1. The van der Waals surface area contributed by atoms with Crippen molar-refractivity contribution >= 4 is 23.7 Å². The minimum Gasteiger partial charge on any atom is -0.508 e. The smallest absolute Gasteiger partial charge is 0.326 e. The number of carbonyl (C=O) groups excluding carboxylic acids is 3. The van der Waals surface area contributed by atoms with Crippen LogP contribution in [-0.4, -0.2) is 58.6 Å². The molecule has 3 amide bonds. The number of hydrogen-bond acceptors (Lipinski definition) is 6. The van der Waals surface area contributed by atoms with E-state index in [0.29, 0.717) is 12.0 Å². The van der Waals surface area contributed by atoms with Gasteiger partial charge in [-0.1, -0.05) is 62.7 Å². The second-order valence-electron chi connectivity index (χ2n) is 8.66. The van der Waals surface area contributed by atoms with E-state index in [0.717, 1.165) is 5.56 Å². The van der Waals surface area contributed by atoms with E-state index in [9.17, 15) is 29.4 Å². The Bertz CT molecular complexity index is 1030. The van der Waals surface area contributed by atoms with Crippen molar-refractivity contribution in [3.8, 4) is 5.75 Å². The van der Waals surface area contributed by atoms with E-state index in [1.54, 1.807) is 43.3 Å². The predicted octanol–water partition coefficient (Wildman–Crippen LogP) is 0.721. The lowest BCUT2D eigenvalue weighted by Gasteiger charge is -2.26. The zero-order chi connectivity index (χ0) is 26.7. The maximum absolute atomic E-state index is 13.3. The number of carboxylic acid groups (broad SMARTS) is 1. The van der Waals surface area contributed by atoms with Crippen LogP contribution in [0.5, 0.6) is 5.75 Å². The number of amides is 3. The Hall–Kier alpha value is -3.92. The molecule has 0 spiro atoms. The molecule has 194 valence electrons. The third kappa shape index (κ3) is 8.70. The van der Waals surface area contributed by atoms with Gasteiger partial charge in [-0.15, -0.1) is 0 Å². The van der Waals surface area contributed by atoms with E-state index in [1.807, 2.05) is 13.0 Å². The first kappa shape index (κ1) is 28.3. The highest BCUT2D eigenvalue weighted by Gasteiger charge is 2.31. The summed E-state index contributed by atoms with van der Waals surface area (Å²) in [5.74, 6) is -3.27. The summed E-state index contributed by atoms with van der Waals surface area (Å²) in [6.45, 7) is 3.21. The number of benzene rings is 2. The molecule has 2 aromatic carbocycles. The molecule has 0 aliphatic rings. The van der Waals surface area contributed by atoms with Crippen LogP contribution in [-0.2, 0) is 32.0 Å². The molecule has 0 aliphatic carbocycles. The summed E-state index contributed by atoms with van der Waals surface area (Å²) in [4.78, 5) is 50.2. The molecule has 0 saturated heterocycles. The first-order valence-electron chi connectivity index (χ1n) is 11.8. The summed E-state index contributed by atoms with van der Waals surface area (Å²) >= 11 is 0. The summed E-state index contributed by atoms with van der Waals surface area (Å²) in [6.07, 6.45) is 0.733. The van der Waals surface area contributed by atoms with Crippen LogP contribution in [0.1, 0.15) is 31.4 Å². The third-order valence-corrected chi connectivity index (χ3v) is 5.91. The fourth-order valence-corrected chi connectivity index (χ4v) is 3.60. The van der Waals surface area contributed by atoms with Gasteiger partial charge in [0.2, 0.25) is 17.7 Å². The summed E-state index contributed by atoms with van der Waals surface area (Å²) < 4.78 is 0. The Kier molecular flexibility index (Phi) is 10.9. The molecule has 0 radical (unpaired) electrons. The van der Waals surface area contributed by atoms with Crippen molar-refractivity contribution in [3.05, 3.63) is 65.7 Å². The van der Waals surface area contributed by atoms with Crippen molar-refractivity contribution < 1.29 is 29.4 Å². The zero-order valence-electron chi connectivity index (χ0n) is 20.4. The number of hydrogen-bond donors (Lipinski definition) is 6. The van der Waals surface area contributed by atoms with Crippen LogP contribution in [0.3, 0.4) is 0 Å². The van der Waals surface area contributed by atoms with Crippen LogP contribution in [0.2, 0.25) is 0 Å². The topological polar surface area (TPSA) is 171 Å². The average molecular weight is 499 g/mol. The molecule has 2 rings (SSSR count). The molecule has 0 bridgehead atoms. The van der Waals surface area contributed by atoms with E-state index in [4.69, 9.17) is 5.73 Å². The van der Waals surface area contributed by atoms with Gasteiger partial charge in [-0.2, -0.15) is 0 Å². The molecule has 0 saturated carbocycles. The Morgan fingerprint density at radius 2 is 1.36 bits per heavy atom. The summed E-state index contributed by atoms with van der Waals surface area (Å²) in [5, 5.41) is 26.9. The van der Waals surface area contributed by atoms with Crippen molar-refractivity contribution in [2.45, 2.75) is 51.2 Å². The summed E-state index contributed by atoms with van der Waals surface area (Å²) in [5.41, 5.74) is 6.84. The van der Waals surface area contributed by atoms with Gasteiger partial charge in [0.1, 0.15) is 23.9 Å². The predicted molar refractivity (Wildman–Crippen MR) is 134 cm³/mol. The van der Waals surface area contributed by atoms with E-state index >= 15 is 0 Å². The second kappa shape index (κ2) is 13.8. The molecule has 2 aromatic rings. The lowest BCUT2D eigenvalue weighted by atomic mass is 9.98. The highest BCUT2D eigenvalue weighted by atomic mass is 16.4.